The highest BCUT2D eigenvalue weighted by Gasteiger charge is 1.87. The molecule has 0 amide bonds. The topological polar surface area (TPSA) is 3.24 Å². The molecule has 0 atom stereocenters. The summed E-state index contributed by atoms with van der Waals surface area (Å²) in [5.41, 5.74) is 0. The minimum atomic E-state index is 0.926. The molecule has 0 N–H and O–H groups in total. The van der Waals surface area contributed by atoms with E-state index in [1.165, 1.54) is 0 Å². The molecule has 0 saturated heterocycles. The van der Waals surface area contributed by atoms with Crippen molar-refractivity contribution in [1.29, 1.82) is 0 Å². The molecule has 0 fully saturated rings. The Kier molecular flexibility index (Phi) is 3.13. The van der Waals surface area contributed by atoms with Crippen molar-refractivity contribution in [3.8, 4) is 0 Å². The predicted molar refractivity (Wildman–Crippen MR) is 36.8 cm³/mol. The highest BCUT2D eigenvalue weighted by atomic mass is 32.1. The molecular formula is C5H11NS. The van der Waals surface area contributed by atoms with Crippen LogP contribution < -0.4 is 0 Å². The number of nitrogens with zero attached hydrogens (tertiary/aromatic N) is 1. The summed E-state index contributed by atoms with van der Waals surface area (Å²) in [7, 11) is 4.02. The summed E-state index contributed by atoms with van der Waals surface area (Å²) < 4.78 is 0. The summed E-state index contributed by atoms with van der Waals surface area (Å²) in [6.07, 6.45) is 0. The number of thiocarbonyl (C=S) groups is 1. The lowest BCUT2D eigenvalue weighted by Crippen LogP contribution is -2.17. The summed E-state index contributed by atoms with van der Waals surface area (Å²) in [4.78, 5) is 3.10. The van der Waals surface area contributed by atoms with Crippen molar-refractivity contribution in [2.45, 2.75) is 6.92 Å². The minimum Gasteiger partial charge on any atom is -0.305 e. The molecule has 0 unspecified atom stereocenters. The molecule has 0 aliphatic carbocycles. The van der Waals surface area contributed by atoms with Gasteiger partial charge in [-0.2, -0.15) is 0 Å². The Morgan fingerprint density at radius 1 is 1.57 bits per heavy atom. The van der Waals surface area contributed by atoms with Gasteiger partial charge < -0.3 is 4.90 Å². The molecule has 0 heterocycles. The average Bonchev–Trinajstić information content (AvgIpc) is 1.27. The van der Waals surface area contributed by atoms with Gasteiger partial charge in [-0.3, -0.25) is 0 Å². The SMILES string of the molecule is CC(=S)CN(C)C. The molecule has 0 aromatic heterocycles. The van der Waals surface area contributed by atoms with Crippen molar-refractivity contribution < 1.29 is 0 Å². The lowest BCUT2D eigenvalue weighted by atomic mass is 10.5. The minimum absolute atomic E-state index is 0.926. The van der Waals surface area contributed by atoms with Gasteiger partial charge in [0.15, 0.2) is 0 Å². The molecule has 0 aromatic rings. The second-order valence-electron chi connectivity index (χ2n) is 1.94. The van der Waals surface area contributed by atoms with Crippen molar-refractivity contribution in [1.82, 2.24) is 4.90 Å². The Hall–Kier alpha value is 0.0500. The molecule has 0 radical (unpaired) electrons. The highest BCUT2D eigenvalue weighted by Crippen LogP contribution is 1.77. The van der Waals surface area contributed by atoms with Gasteiger partial charge in [0.2, 0.25) is 0 Å². The fourth-order valence-corrected chi connectivity index (χ4v) is 0.704. The van der Waals surface area contributed by atoms with Crippen LogP contribution in [-0.2, 0) is 0 Å². The van der Waals surface area contributed by atoms with E-state index < -0.39 is 0 Å². The normalized spacial score (nSPS) is 9.71. The zero-order chi connectivity index (χ0) is 5.86. The van der Waals surface area contributed by atoms with Crippen LogP contribution in [0, 0.1) is 0 Å². The molecule has 0 saturated carbocycles. The Balaban J connectivity index is 3.13. The fraction of sp³-hybridized carbons (Fsp3) is 0.800. The molecule has 2 heteroatoms. The maximum atomic E-state index is 4.83. The highest BCUT2D eigenvalue weighted by molar-refractivity contribution is 7.80. The van der Waals surface area contributed by atoms with E-state index >= 15 is 0 Å². The number of rotatable bonds is 2. The Labute approximate surface area is 50.3 Å². The smallest absolute Gasteiger partial charge is 0.0288 e. The zero-order valence-corrected chi connectivity index (χ0v) is 5.88. The first-order valence-corrected chi connectivity index (χ1v) is 2.68. The van der Waals surface area contributed by atoms with Gasteiger partial charge in [-0.1, -0.05) is 12.2 Å². The van der Waals surface area contributed by atoms with E-state index in [0.29, 0.717) is 0 Å². The van der Waals surface area contributed by atoms with Crippen LogP contribution >= 0.6 is 12.2 Å². The molecule has 42 valence electrons. The zero-order valence-electron chi connectivity index (χ0n) is 5.06. The molecule has 1 nitrogen and oxygen atoms in total. The van der Waals surface area contributed by atoms with Crippen LogP contribution in [0.2, 0.25) is 0 Å². The average molecular weight is 117 g/mol. The lowest BCUT2D eigenvalue weighted by molar-refractivity contribution is 0.471. The second kappa shape index (κ2) is 3.10. The first kappa shape index (κ1) is 7.05. The maximum Gasteiger partial charge on any atom is 0.0288 e. The monoisotopic (exact) mass is 117 g/mol. The van der Waals surface area contributed by atoms with E-state index in [0.717, 1.165) is 11.4 Å². The van der Waals surface area contributed by atoms with Crippen molar-refractivity contribution in [3.05, 3.63) is 0 Å². The molecule has 0 rings (SSSR count). The van der Waals surface area contributed by atoms with E-state index in [1.54, 1.807) is 0 Å². The first-order valence-electron chi connectivity index (χ1n) is 2.27. The van der Waals surface area contributed by atoms with Crippen molar-refractivity contribution >= 4 is 17.1 Å². The van der Waals surface area contributed by atoms with E-state index in [4.69, 9.17) is 12.2 Å². The van der Waals surface area contributed by atoms with Gasteiger partial charge in [0, 0.05) is 11.4 Å². The number of hydrogen-bond acceptors (Lipinski definition) is 2. The Bertz CT molecular complexity index is 68.5. The third kappa shape index (κ3) is 6.05. The largest absolute Gasteiger partial charge is 0.305 e. The van der Waals surface area contributed by atoms with Crippen molar-refractivity contribution in [2.75, 3.05) is 20.6 Å². The van der Waals surface area contributed by atoms with Gasteiger partial charge >= 0.3 is 0 Å². The van der Waals surface area contributed by atoms with E-state index in [2.05, 4.69) is 4.90 Å². The quantitative estimate of drug-likeness (QED) is 0.495. The molecule has 0 bridgehead atoms. The van der Waals surface area contributed by atoms with E-state index in [1.807, 2.05) is 21.0 Å². The Morgan fingerprint density at radius 2 is 2.00 bits per heavy atom. The fourth-order valence-electron chi connectivity index (χ4n) is 0.445. The molecule has 0 aliphatic rings. The predicted octanol–water partition coefficient (Wildman–Crippen LogP) is 0.938. The standard InChI is InChI=1S/C5H11NS/c1-5(7)4-6(2)3/h4H2,1-3H3. The first-order chi connectivity index (χ1) is 3.13. The van der Waals surface area contributed by atoms with Gasteiger partial charge in [-0.15, -0.1) is 0 Å². The van der Waals surface area contributed by atoms with Crippen LogP contribution in [0.5, 0.6) is 0 Å². The molecule has 0 aliphatic heterocycles. The van der Waals surface area contributed by atoms with Crippen molar-refractivity contribution in [3.63, 3.8) is 0 Å². The number of hydrogen-bond donors (Lipinski definition) is 0. The van der Waals surface area contributed by atoms with Crippen LogP contribution in [-0.4, -0.2) is 30.4 Å². The summed E-state index contributed by atoms with van der Waals surface area (Å²) in [5, 5.41) is 0. The lowest BCUT2D eigenvalue weighted by Gasteiger charge is -2.05. The van der Waals surface area contributed by atoms with Gasteiger partial charge in [-0.05, 0) is 21.0 Å². The van der Waals surface area contributed by atoms with E-state index in [-0.39, 0.29) is 0 Å². The maximum absolute atomic E-state index is 4.83. The van der Waals surface area contributed by atoms with Gasteiger partial charge in [-0.25, -0.2) is 0 Å². The van der Waals surface area contributed by atoms with Crippen LogP contribution in [0.15, 0.2) is 0 Å². The summed E-state index contributed by atoms with van der Waals surface area (Å²) in [6, 6.07) is 0. The van der Waals surface area contributed by atoms with Gasteiger partial charge in [0.1, 0.15) is 0 Å². The third-order valence-corrected chi connectivity index (χ3v) is 0.668. The summed E-state index contributed by atoms with van der Waals surface area (Å²) in [5.74, 6) is 0. The van der Waals surface area contributed by atoms with Gasteiger partial charge in [0.05, 0.1) is 0 Å². The molecule has 0 aromatic carbocycles. The van der Waals surface area contributed by atoms with Crippen molar-refractivity contribution in [2.24, 2.45) is 0 Å². The second-order valence-corrected chi connectivity index (χ2v) is 2.64. The molecule has 0 spiro atoms. The summed E-state index contributed by atoms with van der Waals surface area (Å²) >= 11 is 4.83. The van der Waals surface area contributed by atoms with Crippen LogP contribution in [0.4, 0.5) is 0 Å². The van der Waals surface area contributed by atoms with Crippen LogP contribution in [0.3, 0.4) is 0 Å². The third-order valence-electron chi connectivity index (χ3n) is 0.539. The van der Waals surface area contributed by atoms with E-state index in [9.17, 15) is 0 Å². The molecule has 7 heavy (non-hydrogen) atoms. The van der Waals surface area contributed by atoms with Crippen LogP contribution in [0.1, 0.15) is 6.92 Å². The molecular weight excluding hydrogens is 106 g/mol. The summed E-state index contributed by atoms with van der Waals surface area (Å²) in [6.45, 7) is 2.88. The van der Waals surface area contributed by atoms with Crippen LogP contribution in [0.25, 0.3) is 0 Å². The van der Waals surface area contributed by atoms with Gasteiger partial charge in [0.25, 0.3) is 0 Å². The Morgan fingerprint density at radius 3 is 2.00 bits per heavy atom.